The first-order chi connectivity index (χ1) is 13.5. The van der Waals surface area contributed by atoms with Crippen molar-refractivity contribution in [3.8, 4) is 5.75 Å². The van der Waals surface area contributed by atoms with Crippen molar-refractivity contribution in [3.63, 3.8) is 0 Å². The Hall–Kier alpha value is -2.85. The molecule has 0 saturated carbocycles. The number of nitrogens with zero attached hydrogens (tertiary/aromatic N) is 1. The third-order valence-electron chi connectivity index (χ3n) is 5.83. The molecule has 142 valence electrons. The second-order valence-corrected chi connectivity index (χ2v) is 12.0. The SMILES string of the molecule is C/N=C1\C=CC2=C(c3ccccc3OC)c3ccc(NC)cc3[Si](C)(C)C2=C1. The topological polar surface area (TPSA) is 33.6 Å². The molecule has 0 aromatic heterocycles. The average Bonchev–Trinajstić information content (AvgIpc) is 2.74. The largest absolute Gasteiger partial charge is 0.496 e. The molecule has 0 unspecified atom stereocenters. The quantitative estimate of drug-likeness (QED) is 0.784. The number of anilines is 1. The highest BCUT2D eigenvalue weighted by atomic mass is 28.3. The molecule has 2 aromatic rings. The van der Waals surface area contributed by atoms with Crippen molar-refractivity contribution in [2.45, 2.75) is 13.1 Å². The predicted molar refractivity (Wildman–Crippen MR) is 123 cm³/mol. The summed E-state index contributed by atoms with van der Waals surface area (Å²) in [7, 11) is 3.69. The molecule has 0 bridgehead atoms. The van der Waals surface area contributed by atoms with Gasteiger partial charge in [-0.05, 0) is 57.4 Å². The third-order valence-corrected chi connectivity index (χ3v) is 9.35. The molecule has 0 atom stereocenters. The zero-order valence-electron chi connectivity index (χ0n) is 17.1. The summed E-state index contributed by atoms with van der Waals surface area (Å²) >= 11 is 0. The molecule has 4 heteroatoms. The van der Waals surface area contributed by atoms with Crippen molar-refractivity contribution in [1.82, 2.24) is 0 Å². The van der Waals surface area contributed by atoms with E-state index in [1.807, 2.05) is 26.2 Å². The molecular formula is C24H26N2OSi. The summed E-state index contributed by atoms with van der Waals surface area (Å²) in [6.45, 7) is 4.87. The minimum atomic E-state index is -1.89. The maximum atomic E-state index is 5.73. The van der Waals surface area contributed by atoms with E-state index in [-0.39, 0.29) is 0 Å². The standard InChI is InChI=1S/C24H26N2OSi/c1-25-16-10-12-19-22(14-16)28(4,5)23-15-17(26-2)11-13-20(23)24(19)18-8-6-7-9-21(18)27-3/h6-15,25H,1-5H3/b26-17+. The van der Waals surface area contributed by atoms with E-state index < -0.39 is 8.07 Å². The lowest BCUT2D eigenvalue weighted by molar-refractivity contribution is 0.413. The van der Waals surface area contributed by atoms with Crippen LogP contribution >= 0.6 is 0 Å². The Kier molecular flexibility index (Phi) is 4.59. The monoisotopic (exact) mass is 386 g/mol. The first kappa shape index (κ1) is 18.5. The molecule has 1 heterocycles. The van der Waals surface area contributed by atoms with Crippen molar-refractivity contribution in [2.24, 2.45) is 4.99 Å². The fourth-order valence-electron chi connectivity index (χ4n) is 4.27. The number of methoxy groups -OCH3 is 1. The highest BCUT2D eigenvalue weighted by Gasteiger charge is 2.40. The highest BCUT2D eigenvalue weighted by molar-refractivity contribution is 6.98. The Morgan fingerprint density at radius 3 is 2.50 bits per heavy atom. The molecule has 2 aromatic carbocycles. The predicted octanol–water partition coefficient (Wildman–Crippen LogP) is 4.57. The van der Waals surface area contributed by atoms with Crippen molar-refractivity contribution in [2.75, 3.05) is 26.5 Å². The maximum Gasteiger partial charge on any atom is 0.126 e. The number of hydrogen-bond acceptors (Lipinski definition) is 3. The van der Waals surface area contributed by atoms with Crippen LogP contribution in [0, 0.1) is 0 Å². The number of hydrogen-bond donors (Lipinski definition) is 1. The van der Waals surface area contributed by atoms with E-state index in [9.17, 15) is 0 Å². The number of benzene rings is 2. The number of para-hydroxylation sites is 1. The molecule has 4 rings (SSSR count). The molecule has 1 aliphatic heterocycles. The average molecular weight is 387 g/mol. The molecule has 2 aliphatic rings. The summed E-state index contributed by atoms with van der Waals surface area (Å²) in [4.78, 5) is 4.44. The van der Waals surface area contributed by atoms with Crippen LogP contribution in [0.2, 0.25) is 13.1 Å². The lowest BCUT2D eigenvalue weighted by atomic mass is 9.89. The van der Waals surface area contributed by atoms with E-state index in [2.05, 4.69) is 72.0 Å². The van der Waals surface area contributed by atoms with Gasteiger partial charge in [0.05, 0.1) is 12.8 Å². The lowest BCUT2D eigenvalue weighted by Gasteiger charge is -2.38. The Balaban J connectivity index is 2.11. The van der Waals surface area contributed by atoms with Gasteiger partial charge in [0.1, 0.15) is 13.8 Å². The van der Waals surface area contributed by atoms with Crippen LogP contribution in [0.5, 0.6) is 5.75 Å². The van der Waals surface area contributed by atoms with Crippen LogP contribution < -0.4 is 15.2 Å². The molecule has 28 heavy (non-hydrogen) atoms. The van der Waals surface area contributed by atoms with Gasteiger partial charge in [0, 0.05) is 25.3 Å². The maximum absolute atomic E-state index is 5.73. The van der Waals surface area contributed by atoms with E-state index in [1.54, 1.807) is 7.11 Å². The number of nitrogens with one attached hydrogen (secondary N) is 1. The third kappa shape index (κ3) is 2.76. The van der Waals surface area contributed by atoms with Crippen LogP contribution in [0.15, 0.2) is 76.5 Å². The van der Waals surface area contributed by atoms with E-state index >= 15 is 0 Å². The number of ether oxygens (including phenoxy) is 1. The summed E-state index contributed by atoms with van der Waals surface area (Å²) in [6, 6.07) is 15.1. The zero-order chi connectivity index (χ0) is 19.9. The Labute approximate surface area is 168 Å². The minimum Gasteiger partial charge on any atom is -0.496 e. The van der Waals surface area contributed by atoms with Gasteiger partial charge in [-0.15, -0.1) is 0 Å². The smallest absolute Gasteiger partial charge is 0.126 e. The van der Waals surface area contributed by atoms with E-state index in [0.717, 1.165) is 22.7 Å². The molecule has 0 spiro atoms. The van der Waals surface area contributed by atoms with Crippen molar-refractivity contribution >= 4 is 30.2 Å². The molecule has 3 nitrogen and oxygen atoms in total. The van der Waals surface area contributed by atoms with Gasteiger partial charge in [-0.25, -0.2) is 0 Å². The number of aliphatic imine (C=N–C) groups is 1. The van der Waals surface area contributed by atoms with Crippen LogP contribution in [0.25, 0.3) is 5.57 Å². The summed E-state index contributed by atoms with van der Waals surface area (Å²) in [5, 5.41) is 6.18. The van der Waals surface area contributed by atoms with Crippen molar-refractivity contribution in [3.05, 3.63) is 82.6 Å². The molecular weight excluding hydrogens is 360 g/mol. The van der Waals surface area contributed by atoms with Crippen LogP contribution in [-0.2, 0) is 0 Å². The minimum absolute atomic E-state index is 0.901. The zero-order valence-corrected chi connectivity index (χ0v) is 18.1. The van der Waals surface area contributed by atoms with Crippen molar-refractivity contribution < 1.29 is 4.74 Å². The second-order valence-electron chi connectivity index (χ2n) is 7.66. The lowest BCUT2D eigenvalue weighted by Crippen LogP contribution is -2.49. The highest BCUT2D eigenvalue weighted by Crippen LogP contribution is 2.43. The summed E-state index contributed by atoms with van der Waals surface area (Å²) in [5.74, 6) is 0.901. The Morgan fingerprint density at radius 1 is 1.00 bits per heavy atom. The van der Waals surface area contributed by atoms with Gasteiger partial charge in [-0.1, -0.05) is 43.4 Å². The van der Waals surface area contributed by atoms with Gasteiger partial charge in [0.15, 0.2) is 0 Å². The number of rotatable bonds is 3. The van der Waals surface area contributed by atoms with E-state index in [1.165, 1.54) is 27.1 Å². The van der Waals surface area contributed by atoms with Gasteiger partial charge in [-0.3, -0.25) is 4.99 Å². The van der Waals surface area contributed by atoms with E-state index in [4.69, 9.17) is 4.74 Å². The van der Waals surface area contributed by atoms with Gasteiger partial charge in [-0.2, -0.15) is 0 Å². The molecule has 0 fully saturated rings. The fourth-order valence-corrected chi connectivity index (χ4v) is 7.35. The molecule has 0 amide bonds. The summed E-state index contributed by atoms with van der Waals surface area (Å²) in [5.41, 5.74) is 7.19. The van der Waals surface area contributed by atoms with Crippen molar-refractivity contribution in [1.29, 1.82) is 0 Å². The van der Waals surface area contributed by atoms with E-state index in [0.29, 0.717) is 0 Å². The molecule has 0 radical (unpaired) electrons. The molecule has 0 saturated heterocycles. The van der Waals surface area contributed by atoms with Crippen LogP contribution in [0.3, 0.4) is 0 Å². The molecule has 1 N–H and O–H groups in total. The summed E-state index contributed by atoms with van der Waals surface area (Å²) < 4.78 is 5.73. The second kappa shape index (κ2) is 6.95. The van der Waals surface area contributed by atoms with Crippen LogP contribution in [-0.4, -0.2) is 35.0 Å². The number of allylic oxidation sites excluding steroid dienone is 5. The normalized spacial score (nSPS) is 18.5. The van der Waals surface area contributed by atoms with Crippen LogP contribution in [0.1, 0.15) is 11.1 Å². The Morgan fingerprint density at radius 2 is 1.79 bits per heavy atom. The Bertz CT molecular complexity index is 1070. The first-order valence-corrected chi connectivity index (χ1v) is 12.6. The van der Waals surface area contributed by atoms with Gasteiger partial charge in [0.25, 0.3) is 0 Å². The van der Waals surface area contributed by atoms with Crippen LogP contribution in [0.4, 0.5) is 5.69 Å². The number of fused-ring (bicyclic) bond motifs is 2. The fraction of sp³-hybridized carbons (Fsp3) is 0.208. The summed E-state index contributed by atoms with van der Waals surface area (Å²) in [6.07, 6.45) is 6.64. The van der Waals surface area contributed by atoms with Gasteiger partial charge >= 0.3 is 0 Å². The first-order valence-electron chi connectivity index (χ1n) is 9.59. The molecule has 1 aliphatic carbocycles. The van der Waals surface area contributed by atoms with Gasteiger partial charge < -0.3 is 10.1 Å². The van der Waals surface area contributed by atoms with Gasteiger partial charge in [0.2, 0.25) is 0 Å².